The molecule has 0 bridgehead atoms. The van der Waals surface area contributed by atoms with Crippen molar-refractivity contribution >= 4 is 28.3 Å². The summed E-state index contributed by atoms with van der Waals surface area (Å²) in [4.78, 5) is 17.3. The molecule has 1 N–H and O–H groups in total. The second-order valence-corrected chi connectivity index (χ2v) is 6.96. The lowest BCUT2D eigenvalue weighted by atomic mass is 9.91. The van der Waals surface area contributed by atoms with Crippen LogP contribution in [0.2, 0.25) is 0 Å². The summed E-state index contributed by atoms with van der Waals surface area (Å²) in [5.41, 5.74) is 5.11. The van der Waals surface area contributed by atoms with E-state index in [9.17, 15) is 4.79 Å². The van der Waals surface area contributed by atoms with E-state index in [1.54, 1.807) is 11.7 Å². The molecule has 0 radical (unpaired) electrons. The van der Waals surface area contributed by atoms with Gasteiger partial charge in [0, 0.05) is 0 Å². The number of carbonyl (C=O) groups is 1. The molecule has 4 rings (SSSR count). The number of hydrogen-bond donors (Lipinski definition) is 1. The van der Waals surface area contributed by atoms with Gasteiger partial charge in [0.15, 0.2) is 0 Å². The quantitative estimate of drug-likeness (QED) is 0.799. The summed E-state index contributed by atoms with van der Waals surface area (Å²) >= 11 is 1.19. The Balaban J connectivity index is 1.67. The zero-order chi connectivity index (χ0) is 16.0. The average Bonchev–Trinajstić information content (AvgIpc) is 3.07. The zero-order valence-corrected chi connectivity index (χ0v) is 13.6. The molecule has 0 saturated heterocycles. The second kappa shape index (κ2) is 5.42. The van der Waals surface area contributed by atoms with Gasteiger partial charge in [0.1, 0.15) is 27.5 Å². The first-order valence-electron chi connectivity index (χ1n) is 7.66. The van der Waals surface area contributed by atoms with Crippen LogP contribution in [0, 0.1) is 6.92 Å². The number of thiazole rings is 1. The van der Waals surface area contributed by atoms with Crippen molar-refractivity contribution in [3.63, 3.8) is 0 Å². The topological polar surface area (TPSA) is 80.9 Å². The number of hydrogen-bond acceptors (Lipinski definition) is 5. The third-order valence-electron chi connectivity index (χ3n) is 4.20. The lowest BCUT2D eigenvalue weighted by Gasteiger charge is -2.14. The molecule has 0 fully saturated rings. The lowest BCUT2D eigenvalue weighted by Crippen LogP contribution is -2.03. The lowest BCUT2D eigenvalue weighted by molar-refractivity contribution is 0.0701. The maximum atomic E-state index is 11.1. The molecule has 118 valence electrons. The molecule has 3 aromatic rings. The Morgan fingerprint density at radius 3 is 2.35 bits per heavy atom. The summed E-state index contributed by atoms with van der Waals surface area (Å²) in [6.45, 7) is 2.11. The van der Waals surface area contributed by atoms with Crippen molar-refractivity contribution in [3.8, 4) is 0 Å². The molecular formula is C16H16N4O2S. The standard InChI is InChI=1S/C16H16N4O2S/c1-9-15(16(21)22)23-14(17-9)8-20-18-12-6-10-4-2-3-5-11(10)7-13(12)19-20/h6-7H,2-5,8H2,1H3,(H,21,22). The van der Waals surface area contributed by atoms with Gasteiger partial charge in [0.25, 0.3) is 0 Å². The van der Waals surface area contributed by atoms with Crippen molar-refractivity contribution in [1.29, 1.82) is 0 Å². The molecule has 0 spiro atoms. The van der Waals surface area contributed by atoms with Crippen molar-refractivity contribution in [3.05, 3.63) is 38.8 Å². The maximum Gasteiger partial charge on any atom is 0.347 e. The van der Waals surface area contributed by atoms with Crippen LogP contribution >= 0.6 is 11.3 Å². The number of benzene rings is 1. The van der Waals surface area contributed by atoms with E-state index in [1.807, 2.05) is 0 Å². The van der Waals surface area contributed by atoms with Crippen LogP contribution in [0.5, 0.6) is 0 Å². The van der Waals surface area contributed by atoms with Crippen molar-refractivity contribution in [2.45, 2.75) is 39.2 Å². The van der Waals surface area contributed by atoms with Gasteiger partial charge in [-0.3, -0.25) is 0 Å². The highest BCUT2D eigenvalue weighted by Crippen LogP contribution is 2.25. The van der Waals surface area contributed by atoms with Gasteiger partial charge in [-0.15, -0.1) is 11.3 Å². The van der Waals surface area contributed by atoms with E-state index in [-0.39, 0.29) is 4.88 Å². The van der Waals surface area contributed by atoms with E-state index in [1.165, 1.54) is 35.3 Å². The van der Waals surface area contributed by atoms with Crippen LogP contribution in [0.1, 0.15) is 44.3 Å². The first kappa shape index (κ1) is 14.3. The largest absolute Gasteiger partial charge is 0.477 e. The number of aromatic carboxylic acids is 1. The SMILES string of the molecule is Cc1nc(Cn2nc3cc4c(cc3n2)CCCC4)sc1C(=O)O. The highest BCUT2D eigenvalue weighted by molar-refractivity contribution is 7.13. The summed E-state index contributed by atoms with van der Waals surface area (Å²) in [5, 5.41) is 18.9. The van der Waals surface area contributed by atoms with E-state index >= 15 is 0 Å². The predicted octanol–water partition coefficient (Wildman–Crippen LogP) is 2.82. The Hall–Kier alpha value is -2.28. The molecule has 7 heteroatoms. The first-order valence-corrected chi connectivity index (χ1v) is 8.48. The number of aromatic nitrogens is 4. The van der Waals surface area contributed by atoms with Gasteiger partial charge < -0.3 is 5.11 Å². The second-order valence-electron chi connectivity index (χ2n) is 5.87. The zero-order valence-electron chi connectivity index (χ0n) is 12.7. The van der Waals surface area contributed by atoms with E-state index in [2.05, 4.69) is 27.3 Å². The van der Waals surface area contributed by atoms with Crippen molar-refractivity contribution < 1.29 is 9.90 Å². The Morgan fingerprint density at radius 2 is 1.83 bits per heavy atom. The van der Waals surface area contributed by atoms with Gasteiger partial charge >= 0.3 is 5.97 Å². The van der Waals surface area contributed by atoms with Crippen molar-refractivity contribution in [1.82, 2.24) is 20.0 Å². The van der Waals surface area contributed by atoms with Crippen LogP contribution in [0.4, 0.5) is 0 Å². The summed E-state index contributed by atoms with van der Waals surface area (Å²) in [6, 6.07) is 4.28. The highest BCUT2D eigenvalue weighted by atomic mass is 32.1. The minimum atomic E-state index is -0.933. The van der Waals surface area contributed by atoms with Gasteiger partial charge in [-0.25, -0.2) is 9.78 Å². The molecular weight excluding hydrogens is 312 g/mol. The minimum Gasteiger partial charge on any atom is -0.477 e. The molecule has 1 aromatic carbocycles. The van der Waals surface area contributed by atoms with Crippen LogP contribution in [0.15, 0.2) is 12.1 Å². The summed E-state index contributed by atoms with van der Waals surface area (Å²) in [5.74, 6) is -0.933. The molecule has 1 aliphatic carbocycles. The van der Waals surface area contributed by atoms with Crippen LogP contribution in [0.3, 0.4) is 0 Å². The van der Waals surface area contributed by atoms with E-state index in [4.69, 9.17) is 5.11 Å². The number of carboxylic acids is 1. The Bertz CT molecular complexity index is 869. The predicted molar refractivity (Wildman–Crippen MR) is 87.1 cm³/mol. The monoisotopic (exact) mass is 328 g/mol. The van der Waals surface area contributed by atoms with E-state index < -0.39 is 5.97 Å². The molecule has 0 atom stereocenters. The Morgan fingerprint density at radius 1 is 1.22 bits per heavy atom. The maximum absolute atomic E-state index is 11.1. The smallest absolute Gasteiger partial charge is 0.347 e. The third-order valence-corrected chi connectivity index (χ3v) is 5.33. The number of nitrogens with zero attached hydrogens (tertiary/aromatic N) is 4. The average molecular weight is 328 g/mol. The number of aryl methyl sites for hydroxylation is 3. The number of rotatable bonds is 3. The van der Waals surface area contributed by atoms with Gasteiger partial charge in [-0.2, -0.15) is 15.0 Å². The highest BCUT2D eigenvalue weighted by Gasteiger charge is 2.16. The molecule has 0 aliphatic heterocycles. The van der Waals surface area contributed by atoms with Crippen LogP contribution in [-0.4, -0.2) is 31.1 Å². The fraction of sp³-hybridized carbons (Fsp3) is 0.375. The van der Waals surface area contributed by atoms with Gasteiger partial charge in [0.2, 0.25) is 0 Å². The third kappa shape index (κ3) is 2.61. The van der Waals surface area contributed by atoms with Crippen LogP contribution in [-0.2, 0) is 19.4 Å². The molecule has 23 heavy (non-hydrogen) atoms. The summed E-state index contributed by atoms with van der Waals surface area (Å²) in [7, 11) is 0. The van der Waals surface area contributed by atoms with E-state index in [0.29, 0.717) is 17.2 Å². The first-order chi connectivity index (χ1) is 11.1. The fourth-order valence-corrected chi connectivity index (χ4v) is 3.98. The molecule has 2 aromatic heterocycles. The van der Waals surface area contributed by atoms with Gasteiger partial charge in [-0.1, -0.05) is 0 Å². The van der Waals surface area contributed by atoms with Crippen molar-refractivity contribution in [2.75, 3.05) is 0 Å². The molecule has 1 aliphatic rings. The summed E-state index contributed by atoms with van der Waals surface area (Å²) < 4.78 is 0. The number of carboxylic acid groups (broad SMARTS) is 1. The fourth-order valence-electron chi connectivity index (χ4n) is 3.10. The van der Waals surface area contributed by atoms with E-state index in [0.717, 1.165) is 23.9 Å². The minimum absolute atomic E-state index is 0.284. The molecule has 0 unspecified atom stereocenters. The van der Waals surface area contributed by atoms with Crippen LogP contribution in [0.25, 0.3) is 11.0 Å². The Labute approximate surface area is 136 Å². The molecule has 6 nitrogen and oxygen atoms in total. The number of fused-ring (bicyclic) bond motifs is 2. The molecule has 0 saturated carbocycles. The Kier molecular flexibility index (Phi) is 3.37. The van der Waals surface area contributed by atoms with Gasteiger partial charge in [-0.05, 0) is 55.9 Å². The molecule has 2 heterocycles. The van der Waals surface area contributed by atoms with Crippen molar-refractivity contribution in [2.24, 2.45) is 0 Å². The normalized spacial score (nSPS) is 14.1. The molecule has 0 amide bonds. The van der Waals surface area contributed by atoms with Gasteiger partial charge in [0.05, 0.1) is 5.69 Å². The summed E-state index contributed by atoms with van der Waals surface area (Å²) in [6.07, 6.45) is 4.71. The van der Waals surface area contributed by atoms with Crippen LogP contribution < -0.4 is 0 Å².